The molecule has 0 aliphatic heterocycles. The first-order valence-electron chi connectivity index (χ1n) is 6.81. The average molecular weight is 255 g/mol. The van der Waals surface area contributed by atoms with Gasteiger partial charge in [0.05, 0.1) is 0 Å². The third-order valence-corrected chi connectivity index (χ3v) is 3.08. The van der Waals surface area contributed by atoms with Crippen LogP contribution < -0.4 is 10.6 Å². The summed E-state index contributed by atoms with van der Waals surface area (Å²) in [4.78, 5) is 4.20. The normalized spacial score (nSPS) is 10.2. The van der Waals surface area contributed by atoms with Crippen LogP contribution in [0, 0.1) is 0 Å². The standard InChI is InChI=1S/C16H21N3/c1-3-4-5-13-6-8-14(9-7-13)19-15-10-11-18-16(12-15)17-2/h6-12H,3-5H2,1-2H3,(H2,17,18,19). The molecule has 0 aliphatic rings. The number of rotatable bonds is 6. The van der Waals surface area contributed by atoms with Gasteiger partial charge in [-0.15, -0.1) is 0 Å². The molecule has 0 radical (unpaired) electrons. The smallest absolute Gasteiger partial charge is 0.127 e. The van der Waals surface area contributed by atoms with Crippen LogP contribution in [0.1, 0.15) is 25.3 Å². The SMILES string of the molecule is CCCCc1ccc(Nc2ccnc(NC)c2)cc1. The molecule has 2 N–H and O–H groups in total. The molecule has 2 rings (SSSR count). The van der Waals surface area contributed by atoms with E-state index in [0.29, 0.717) is 0 Å². The number of hydrogen-bond acceptors (Lipinski definition) is 3. The van der Waals surface area contributed by atoms with Gasteiger partial charge in [-0.3, -0.25) is 0 Å². The van der Waals surface area contributed by atoms with Crippen molar-refractivity contribution >= 4 is 17.2 Å². The minimum Gasteiger partial charge on any atom is -0.373 e. The molecule has 1 aromatic carbocycles. The van der Waals surface area contributed by atoms with Gasteiger partial charge in [0.25, 0.3) is 0 Å². The van der Waals surface area contributed by atoms with Crippen molar-refractivity contribution in [3.8, 4) is 0 Å². The summed E-state index contributed by atoms with van der Waals surface area (Å²) in [5.74, 6) is 0.865. The predicted octanol–water partition coefficient (Wildman–Crippen LogP) is 4.21. The van der Waals surface area contributed by atoms with Crippen molar-refractivity contribution < 1.29 is 0 Å². The number of pyridine rings is 1. The van der Waals surface area contributed by atoms with E-state index in [1.54, 1.807) is 6.20 Å². The molecule has 0 aliphatic carbocycles. The lowest BCUT2D eigenvalue weighted by Gasteiger charge is -2.08. The Morgan fingerprint density at radius 3 is 2.53 bits per heavy atom. The summed E-state index contributed by atoms with van der Waals surface area (Å²) < 4.78 is 0. The van der Waals surface area contributed by atoms with Crippen LogP contribution in [0.4, 0.5) is 17.2 Å². The van der Waals surface area contributed by atoms with E-state index in [2.05, 4.69) is 46.8 Å². The van der Waals surface area contributed by atoms with Crippen LogP contribution in [0.15, 0.2) is 42.6 Å². The van der Waals surface area contributed by atoms with Crippen molar-refractivity contribution in [1.82, 2.24) is 4.98 Å². The second-order valence-electron chi connectivity index (χ2n) is 4.61. The Kier molecular flexibility index (Phi) is 4.78. The molecular weight excluding hydrogens is 234 g/mol. The summed E-state index contributed by atoms with van der Waals surface area (Å²) in [6.45, 7) is 2.22. The zero-order chi connectivity index (χ0) is 13.5. The Bertz CT molecular complexity index is 506. The van der Waals surface area contributed by atoms with Crippen LogP contribution in [0.5, 0.6) is 0 Å². The monoisotopic (exact) mass is 255 g/mol. The Morgan fingerprint density at radius 2 is 1.84 bits per heavy atom. The minimum absolute atomic E-state index is 0.865. The number of unbranched alkanes of at least 4 members (excludes halogenated alkanes) is 1. The van der Waals surface area contributed by atoms with E-state index < -0.39 is 0 Å². The fraction of sp³-hybridized carbons (Fsp3) is 0.312. The van der Waals surface area contributed by atoms with Crippen molar-refractivity contribution in [2.24, 2.45) is 0 Å². The molecule has 1 heterocycles. The molecule has 0 spiro atoms. The molecule has 100 valence electrons. The first kappa shape index (κ1) is 13.4. The minimum atomic E-state index is 0.865. The lowest BCUT2D eigenvalue weighted by molar-refractivity contribution is 0.795. The van der Waals surface area contributed by atoms with Crippen molar-refractivity contribution in [2.75, 3.05) is 17.7 Å². The van der Waals surface area contributed by atoms with Crippen LogP contribution in [-0.2, 0) is 6.42 Å². The number of benzene rings is 1. The van der Waals surface area contributed by atoms with E-state index in [1.165, 1.54) is 18.4 Å². The molecule has 0 amide bonds. The number of aryl methyl sites for hydroxylation is 1. The van der Waals surface area contributed by atoms with Gasteiger partial charge in [0.1, 0.15) is 5.82 Å². The van der Waals surface area contributed by atoms with Crippen molar-refractivity contribution in [2.45, 2.75) is 26.2 Å². The fourth-order valence-electron chi connectivity index (χ4n) is 1.95. The van der Waals surface area contributed by atoms with Crippen molar-refractivity contribution in [3.05, 3.63) is 48.2 Å². The van der Waals surface area contributed by atoms with Crippen molar-refractivity contribution in [3.63, 3.8) is 0 Å². The Morgan fingerprint density at radius 1 is 1.05 bits per heavy atom. The first-order chi connectivity index (χ1) is 9.31. The van der Waals surface area contributed by atoms with Crippen LogP contribution in [0.3, 0.4) is 0 Å². The summed E-state index contributed by atoms with van der Waals surface area (Å²) >= 11 is 0. The molecule has 3 heteroatoms. The molecule has 0 unspecified atom stereocenters. The van der Waals surface area contributed by atoms with Gasteiger partial charge in [-0.25, -0.2) is 4.98 Å². The number of aromatic nitrogens is 1. The maximum absolute atomic E-state index is 4.20. The largest absolute Gasteiger partial charge is 0.373 e. The third-order valence-electron chi connectivity index (χ3n) is 3.08. The van der Waals surface area contributed by atoms with Gasteiger partial charge < -0.3 is 10.6 Å². The topological polar surface area (TPSA) is 37.0 Å². The van der Waals surface area contributed by atoms with Gasteiger partial charge in [-0.2, -0.15) is 0 Å². The molecule has 1 aromatic heterocycles. The maximum atomic E-state index is 4.20. The number of nitrogens with zero attached hydrogens (tertiary/aromatic N) is 1. The zero-order valence-electron chi connectivity index (χ0n) is 11.6. The molecule has 2 aromatic rings. The highest BCUT2D eigenvalue weighted by atomic mass is 15.0. The Balaban J connectivity index is 2.02. The van der Waals surface area contributed by atoms with E-state index in [-0.39, 0.29) is 0 Å². The van der Waals surface area contributed by atoms with Gasteiger partial charge in [-0.05, 0) is 36.6 Å². The summed E-state index contributed by atoms with van der Waals surface area (Å²) in [6, 6.07) is 12.6. The van der Waals surface area contributed by atoms with E-state index >= 15 is 0 Å². The molecular formula is C16H21N3. The van der Waals surface area contributed by atoms with E-state index in [9.17, 15) is 0 Å². The van der Waals surface area contributed by atoms with Gasteiger partial charge in [0.2, 0.25) is 0 Å². The fourth-order valence-corrected chi connectivity index (χ4v) is 1.95. The van der Waals surface area contributed by atoms with Crippen LogP contribution in [0.25, 0.3) is 0 Å². The van der Waals surface area contributed by atoms with Crippen LogP contribution in [0.2, 0.25) is 0 Å². The van der Waals surface area contributed by atoms with Gasteiger partial charge in [-0.1, -0.05) is 25.5 Å². The van der Waals surface area contributed by atoms with Crippen LogP contribution >= 0.6 is 0 Å². The van der Waals surface area contributed by atoms with Crippen molar-refractivity contribution in [1.29, 1.82) is 0 Å². The molecule has 19 heavy (non-hydrogen) atoms. The molecule has 0 bridgehead atoms. The average Bonchev–Trinajstić information content (AvgIpc) is 2.47. The Hall–Kier alpha value is -2.03. The number of nitrogens with one attached hydrogen (secondary N) is 2. The van der Waals surface area contributed by atoms with Gasteiger partial charge >= 0.3 is 0 Å². The van der Waals surface area contributed by atoms with E-state index in [4.69, 9.17) is 0 Å². The quantitative estimate of drug-likeness (QED) is 0.812. The number of anilines is 3. The highest BCUT2D eigenvalue weighted by Gasteiger charge is 1.98. The zero-order valence-corrected chi connectivity index (χ0v) is 11.6. The first-order valence-corrected chi connectivity index (χ1v) is 6.81. The summed E-state index contributed by atoms with van der Waals surface area (Å²) in [5, 5.41) is 6.42. The maximum Gasteiger partial charge on any atom is 0.127 e. The molecule has 0 saturated heterocycles. The van der Waals surface area contributed by atoms with Gasteiger partial charge in [0, 0.05) is 30.7 Å². The van der Waals surface area contributed by atoms with E-state index in [1.807, 2.05) is 19.2 Å². The van der Waals surface area contributed by atoms with E-state index in [0.717, 1.165) is 23.6 Å². The highest BCUT2D eigenvalue weighted by molar-refractivity contribution is 5.62. The second-order valence-corrected chi connectivity index (χ2v) is 4.61. The Labute approximate surface area is 115 Å². The van der Waals surface area contributed by atoms with Gasteiger partial charge in [0.15, 0.2) is 0 Å². The van der Waals surface area contributed by atoms with Crippen LogP contribution in [-0.4, -0.2) is 12.0 Å². The third kappa shape index (κ3) is 3.98. The molecule has 0 atom stereocenters. The lowest BCUT2D eigenvalue weighted by Crippen LogP contribution is -1.95. The summed E-state index contributed by atoms with van der Waals surface area (Å²) in [5.41, 5.74) is 3.55. The molecule has 3 nitrogen and oxygen atoms in total. The molecule has 0 saturated carbocycles. The lowest BCUT2D eigenvalue weighted by atomic mass is 10.1. The summed E-state index contributed by atoms with van der Waals surface area (Å²) in [6.07, 6.45) is 5.45. The second kappa shape index (κ2) is 6.78. The molecule has 0 fully saturated rings. The predicted molar refractivity (Wildman–Crippen MR) is 82.1 cm³/mol. The number of hydrogen-bond donors (Lipinski definition) is 2. The highest BCUT2D eigenvalue weighted by Crippen LogP contribution is 2.19. The summed E-state index contributed by atoms with van der Waals surface area (Å²) in [7, 11) is 1.87.